The molecule has 322 valence electrons. The number of allylic oxidation sites excluding steroid dienone is 1. The Morgan fingerprint density at radius 1 is 1.07 bits per heavy atom. The van der Waals surface area contributed by atoms with Gasteiger partial charge in [0.25, 0.3) is 5.88 Å². The third-order valence-electron chi connectivity index (χ3n) is 12.2. The predicted molar refractivity (Wildman–Crippen MR) is 234 cm³/mol. The maximum Gasteiger partial charge on any atom is 0.262 e. The number of sulfonamides is 1. The van der Waals surface area contributed by atoms with Crippen LogP contribution in [0.1, 0.15) is 82.3 Å². The number of furan rings is 1. The summed E-state index contributed by atoms with van der Waals surface area (Å²) >= 11 is 1.56. The van der Waals surface area contributed by atoms with Crippen LogP contribution in [0.2, 0.25) is 0 Å². The van der Waals surface area contributed by atoms with E-state index in [0.29, 0.717) is 47.5 Å². The molecule has 5 aromatic rings. The van der Waals surface area contributed by atoms with E-state index in [4.69, 9.17) is 28.8 Å². The third kappa shape index (κ3) is 8.55. The lowest BCUT2D eigenvalue weighted by atomic mass is 9.77. The molecule has 15 heteroatoms. The van der Waals surface area contributed by atoms with E-state index in [-0.39, 0.29) is 49.5 Å². The zero-order chi connectivity index (χ0) is 43.6. The molecule has 0 unspecified atom stereocenters. The highest BCUT2D eigenvalue weighted by molar-refractivity contribution is 7.90. The summed E-state index contributed by atoms with van der Waals surface area (Å²) in [5.74, 6) is -0.956. The number of nitrogens with zero attached hydrogens (tertiary/aromatic N) is 4. The SMILES string of the molecule is C=C[C@@H]1C[C@]1(CC(=O)[C@@H]1C[C@@H](Oc2nc(-c3ccc(OC(C)C)cc3)nc3c2oc2ccccc23)CN1C(=O)[C@@H](Cc1nc(C)c(C)s1)C(C)(C)C)C(=O)NS(=O)(=O)C1CC1. The van der Waals surface area contributed by atoms with Crippen LogP contribution in [-0.2, 0) is 30.8 Å². The zero-order valence-corrected chi connectivity index (χ0v) is 37.3. The summed E-state index contributed by atoms with van der Waals surface area (Å²) < 4.78 is 47.0. The quantitative estimate of drug-likeness (QED) is 0.101. The monoisotopic (exact) mass is 867 g/mol. The van der Waals surface area contributed by atoms with E-state index in [1.165, 1.54) is 0 Å². The molecule has 1 aliphatic heterocycles. The van der Waals surface area contributed by atoms with E-state index < -0.39 is 56.0 Å². The number of likely N-dealkylation sites (tertiary alicyclic amines) is 1. The van der Waals surface area contributed by atoms with Gasteiger partial charge in [-0.25, -0.2) is 18.4 Å². The Hall–Kier alpha value is -5.15. The first kappa shape index (κ1) is 42.5. The molecule has 61 heavy (non-hydrogen) atoms. The molecule has 0 bridgehead atoms. The number of fused-ring (bicyclic) bond motifs is 3. The highest BCUT2D eigenvalue weighted by atomic mass is 32.2. The van der Waals surface area contributed by atoms with E-state index in [1.54, 1.807) is 22.3 Å². The molecule has 13 nitrogen and oxygen atoms in total. The fourth-order valence-electron chi connectivity index (χ4n) is 8.39. The number of para-hydroxylation sites is 1. The van der Waals surface area contributed by atoms with Crippen LogP contribution in [0, 0.1) is 36.5 Å². The van der Waals surface area contributed by atoms with Gasteiger partial charge in [-0.15, -0.1) is 17.9 Å². The van der Waals surface area contributed by atoms with E-state index in [2.05, 4.69) is 11.3 Å². The molecule has 3 fully saturated rings. The molecule has 0 radical (unpaired) electrons. The Morgan fingerprint density at radius 3 is 2.41 bits per heavy atom. The van der Waals surface area contributed by atoms with Crippen LogP contribution in [-0.4, -0.2) is 75.9 Å². The highest BCUT2D eigenvalue weighted by Gasteiger charge is 2.61. The molecular weight excluding hydrogens is 815 g/mol. The molecule has 2 saturated carbocycles. The van der Waals surface area contributed by atoms with Gasteiger partial charge < -0.3 is 18.8 Å². The van der Waals surface area contributed by atoms with Crippen LogP contribution < -0.4 is 14.2 Å². The molecule has 8 rings (SSSR count). The summed E-state index contributed by atoms with van der Waals surface area (Å²) in [5.41, 5.74) is 1.31. The second-order valence-electron chi connectivity index (χ2n) is 18.2. The lowest BCUT2D eigenvalue weighted by molar-refractivity contribution is -0.144. The number of rotatable bonds is 15. The maximum absolute atomic E-state index is 15.0. The molecule has 2 aromatic carbocycles. The number of carbonyl (C=O) groups is 3. The second kappa shape index (κ2) is 16.0. The molecule has 1 N–H and O–H groups in total. The minimum Gasteiger partial charge on any atom is -0.491 e. The first-order chi connectivity index (χ1) is 28.9. The van der Waals surface area contributed by atoms with Gasteiger partial charge in [0.15, 0.2) is 11.6 Å². The minimum absolute atomic E-state index is 0.00240. The number of nitrogens with one attached hydrogen (secondary N) is 1. The molecular formula is C46H53N5O8S2. The van der Waals surface area contributed by atoms with Crippen molar-refractivity contribution < 1.29 is 36.7 Å². The van der Waals surface area contributed by atoms with Crippen molar-refractivity contribution in [1.82, 2.24) is 24.6 Å². The number of aryl methyl sites for hydroxylation is 2. The lowest BCUT2D eigenvalue weighted by Crippen LogP contribution is -2.48. The molecule has 4 heterocycles. The van der Waals surface area contributed by atoms with Crippen LogP contribution in [0.15, 0.2) is 65.6 Å². The summed E-state index contributed by atoms with van der Waals surface area (Å²) in [5, 5.41) is 1.00. The Kier molecular flexibility index (Phi) is 11.1. The van der Waals surface area contributed by atoms with Crippen molar-refractivity contribution in [3.63, 3.8) is 0 Å². The molecule has 1 saturated heterocycles. The highest BCUT2D eigenvalue weighted by Crippen LogP contribution is 2.57. The van der Waals surface area contributed by atoms with Crippen LogP contribution in [0.25, 0.3) is 33.5 Å². The fourth-order valence-corrected chi connectivity index (χ4v) is 10.8. The van der Waals surface area contributed by atoms with E-state index >= 15 is 4.79 Å². The van der Waals surface area contributed by atoms with Gasteiger partial charge in [0, 0.05) is 41.0 Å². The van der Waals surface area contributed by atoms with Gasteiger partial charge in [0.1, 0.15) is 23.0 Å². The topological polar surface area (TPSA) is 171 Å². The summed E-state index contributed by atoms with van der Waals surface area (Å²) in [6, 6.07) is 14.0. The van der Waals surface area contributed by atoms with Crippen LogP contribution >= 0.6 is 11.3 Å². The first-order valence-electron chi connectivity index (χ1n) is 20.9. The Balaban J connectivity index is 1.15. The normalized spacial score (nSPS) is 22.1. The van der Waals surface area contributed by atoms with Gasteiger partial charge >= 0.3 is 0 Å². The number of ketones is 1. The number of carbonyl (C=O) groups excluding carboxylic acids is 3. The average Bonchev–Trinajstić information content (AvgIpc) is 4.07. The van der Waals surface area contributed by atoms with Gasteiger partial charge in [-0.05, 0) is 94.7 Å². The summed E-state index contributed by atoms with van der Waals surface area (Å²) in [6.07, 6.45) is 2.38. The molecule has 3 aromatic heterocycles. The van der Waals surface area contributed by atoms with Gasteiger partial charge in [0.05, 0.1) is 40.1 Å². The van der Waals surface area contributed by atoms with Gasteiger partial charge in [-0.3, -0.25) is 19.1 Å². The van der Waals surface area contributed by atoms with Gasteiger partial charge in [-0.2, -0.15) is 4.98 Å². The fraction of sp³-hybridized carbons (Fsp3) is 0.478. The van der Waals surface area contributed by atoms with Crippen LogP contribution in [0.4, 0.5) is 0 Å². The molecule has 5 atom stereocenters. The molecule has 0 spiro atoms. The molecule has 2 aliphatic carbocycles. The Labute approximate surface area is 360 Å². The third-order valence-corrected chi connectivity index (χ3v) is 15.1. The summed E-state index contributed by atoms with van der Waals surface area (Å²) in [6.45, 7) is 17.8. The van der Waals surface area contributed by atoms with Gasteiger partial charge in [0.2, 0.25) is 27.4 Å². The smallest absolute Gasteiger partial charge is 0.262 e. The summed E-state index contributed by atoms with van der Waals surface area (Å²) in [7, 11) is -3.86. The Bertz CT molecular complexity index is 2620. The van der Waals surface area contributed by atoms with Crippen molar-refractivity contribution in [2.75, 3.05) is 6.54 Å². The van der Waals surface area contributed by atoms with Crippen molar-refractivity contribution in [1.29, 1.82) is 0 Å². The van der Waals surface area contributed by atoms with E-state index in [9.17, 15) is 18.0 Å². The average molecular weight is 868 g/mol. The minimum atomic E-state index is -3.86. The maximum atomic E-state index is 15.0. The molecule has 3 aliphatic rings. The standard InChI is InChI=1S/C46H53N5O8S2/c1-9-29-22-46(29,44(54)50-61(55,56)32-18-19-32)23-36(52)35-20-31(24-51(35)43(53)34(45(6,7)8)21-38-47-26(4)27(5)60-38)58-42-40-39(33-12-10-11-13-37(33)59-40)48-41(49-42)28-14-16-30(17-15-28)57-25(2)3/h9-17,25,29,31-32,34-35H,1,18-24H2,2-8H3,(H,50,54)/t29-,31-,34-,35+,46-/m1/s1. The number of hydrogen-bond donors (Lipinski definition) is 1. The molecule has 2 amide bonds. The van der Waals surface area contributed by atoms with Crippen molar-refractivity contribution in [3.8, 4) is 23.0 Å². The second-order valence-corrected chi connectivity index (χ2v) is 21.4. The number of benzene rings is 2. The van der Waals surface area contributed by atoms with Crippen molar-refractivity contribution in [2.24, 2.45) is 22.7 Å². The van der Waals surface area contributed by atoms with Crippen molar-refractivity contribution in [2.45, 2.75) is 110 Å². The number of amides is 2. The summed E-state index contributed by atoms with van der Waals surface area (Å²) in [4.78, 5) is 60.8. The van der Waals surface area contributed by atoms with Crippen molar-refractivity contribution >= 4 is 61.0 Å². The number of Topliss-reactive ketones (excluding diaryl/α,β-unsaturated/α-hetero) is 1. The van der Waals surface area contributed by atoms with Gasteiger partial charge in [-0.1, -0.05) is 39.0 Å². The zero-order valence-electron chi connectivity index (χ0n) is 35.7. The largest absolute Gasteiger partial charge is 0.491 e. The number of aromatic nitrogens is 3. The number of thiazole rings is 1. The predicted octanol–water partition coefficient (Wildman–Crippen LogP) is 7.92. The van der Waals surface area contributed by atoms with Crippen molar-refractivity contribution in [3.05, 3.63) is 76.8 Å². The van der Waals surface area contributed by atoms with Crippen LogP contribution in [0.5, 0.6) is 11.6 Å². The van der Waals surface area contributed by atoms with E-state index in [0.717, 1.165) is 26.5 Å². The lowest BCUT2D eigenvalue weighted by Gasteiger charge is -2.35. The Morgan fingerprint density at radius 2 is 1.79 bits per heavy atom. The van der Waals surface area contributed by atoms with Crippen LogP contribution in [0.3, 0.4) is 0 Å². The number of hydrogen-bond acceptors (Lipinski definition) is 12. The first-order valence-corrected chi connectivity index (χ1v) is 23.3. The number of ether oxygens (including phenoxy) is 2. The van der Waals surface area contributed by atoms with E-state index in [1.807, 2.05) is 97.0 Å².